The van der Waals surface area contributed by atoms with Gasteiger partial charge in [-0.2, -0.15) is 0 Å². The zero-order chi connectivity index (χ0) is 19.6. The SMILES string of the molecule is CC1CCCC(C)N1C(=O)c1ccc(Br)c(S(=O)(=O)Nc2ccccc2)c1. The molecule has 0 saturated carbocycles. The molecule has 0 bridgehead atoms. The number of nitrogens with one attached hydrogen (secondary N) is 1. The van der Waals surface area contributed by atoms with Gasteiger partial charge in [-0.25, -0.2) is 8.42 Å². The normalized spacial score (nSPS) is 20.3. The van der Waals surface area contributed by atoms with Crippen LogP contribution in [0.25, 0.3) is 0 Å². The van der Waals surface area contributed by atoms with Crippen molar-refractivity contribution in [3.63, 3.8) is 0 Å². The first-order chi connectivity index (χ1) is 12.8. The lowest BCUT2D eigenvalue weighted by Crippen LogP contribution is -2.47. The molecule has 2 aromatic carbocycles. The molecule has 1 saturated heterocycles. The molecule has 144 valence electrons. The van der Waals surface area contributed by atoms with E-state index in [1.54, 1.807) is 36.4 Å². The molecule has 1 fully saturated rings. The molecular formula is C20H23BrN2O3S. The Morgan fingerprint density at radius 2 is 1.70 bits per heavy atom. The number of benzene rings is 2. The largest absolute Gasteiger partial charge is 0.333 e. The van der Waals surface area contributed by atoms with Gasteiger partial charge in [-0.1, -0.05) is 18.2 Å². The Labute approximate surface area is 169 Å². The zero-order valence-electron chi connectivity index (χ0n) is 15.4. The predicted molar refractivity (Wildman–Crippen MR) is 110 cm³/mol. The van der Waals surface area contributed by atoms with Crippen LogP contribution in [0.4, 0.5) is 5.69 Å². The molecule has 27 heavy (non-hydrogen) atoms. The number of sulfonamides is 1. The van der Waals surface area contributed by atoms with Crippen molar-refractivity contribution in [1.82, 2.24) is 4.90 Å². The number of carbonyl (C=O) groups excluding carboxylic acids is 1. The number of piperidine rings is 1. The van der Waals surface area contributed by atoms with Gasteiger partial charge in [-0.05, 0) is 79.4 Å². The van der Waals surface area contributed by atoms with E-state index in [-0.39, 0.29) is 22.9 Å². The average molecular weight is 451 g/mol. The maximum Gasteiger partial charge on any atom is 0.263 e. The second kappa shape index (κ2) is 8.02. The Morgan fingerprint density at radius 3 is 2.33 bits per heavy atom. The number of rotatable bonds is 4. The van der Waals surface area contributed by atoms with Crippen molar-refractivity contribution in [2.45, 2.75) is 50.1 Å². The number of halogens is 1. The minimum Gasteiger partial charge on any atom is -0.333 e. The first-order valence-electron chi connectivity index (χ1n) is 8.99. The highest BCUT2D eigenvalue weighted by Gasteiger charge is 2.30. The van der Waals surface area contributed by atoms with E-state index in [9.17, 15) is 13.2 Å². The maximum absolute atomic E-state index is 13.1. The fourth-order valence-electron chi connectivity index (χ4n) is 3.53. The Bertz CT molecular complexity index is 921. The minimum absolute atomic E-state index is 0.0505. The summed E-state index contributed by atoms with van der Waals surface area (Å²) in [6, 6.07) is 13.7. The van der Waals surface area contributed by atoms with E-state index in [2.05, 4.69) is 20.7 Å². The van der Waals surface area contributed by atoms with Gasteiger partial charge in [-0.3, -0.25) is 9.52 Å². The number of para-hydroxylation sites is 1. The quantitative estimate of drug-likeness (QED) is 0.736. The number of amides is 1. The molecule has 5 nitrogen and oxygen atoms in total. The average Bonchev–Trinajstić information content (AvgIpc) is 2.62. The fourth-order valence-corrected chi connectivity index (χ4v) is 5.58. The van der Waals surface area contributed by atoms with Gasteiger partial charge in [0.15, 0.2) is 0 Å². The van der Waals surface area contributed by atoms with Crippen molar-refractivity contribution >= 4 is 37.5 Å². The Kier molecular flexibility index (Phi) is 5.91. The van der Waals surface area contributed by atoms with Crippen molar-refractivity contribution in [3.8, 4) is 0 Å². The van der Waals surface area contributed by atoms with Crippen molar-refractivity contribution in [1.29, 1.82) is 0 Å². The number of hydrogen-bond donors (Lipinski definition) is 1. The lowest BCUT2D eigenvalue weighted by atomic mass is 9.96. The number of carbonyl (C=O) groups is 1. The molecule has 0 aromatic heterocycles. The van der Waals surface area contributed by atoms with Gasteiger partial charge in [0.1, 0.15) is 4.90 Å². The van der Waals surface area contributed by atoms with Gasteiger partial charge in [-0.15, -0.1) is 0 Å². The van der Waals surface area contributed by atoms with E-state index in [1.165, 1.54) is 6.07 Å². The number of nitrogens with zero attached hydrogens (tertiary/aromatic N) is 1. The van der Waals surface area contributed by atoms with Crippen LogP contribution < -0.4 is 4.72 Å². The lowest BCUT2D eigenvalue weighted by molar-refractivity contribution is 0.0510. The van der Waals surface area contributed by atoms with E-state index in [0.717, 1.165) is 19.3 Å². The third kappa shape index (κ3) is 4.35. The second-order valence-electron chi connectivity index (χ2n) is 6.96. The molecule has 1 aliphatic rings. The summed E-state index contributed by atoms with van der Waals surface area (Å²) in [6.45, 7) is 4.09. The summed E-state index contributed by atoms with van der Waals surface area (Å²) in [4.78, 5) is 15.0. The first-order valence-corrected chi connectivity index (χ1v) is 11.3. The molecule has 0 spiro atoms. The molecular weight excluding hydrogens is 428 g/mol. The number of hydrogen-bond acceptors (Lipinski definition) is 3. The van der Waals surface area contributed by atoms with Gasteiger partial charge in [0.25, 0.3) is 15.9 Å². The molecule has 1 N–H and O–H groups in total. The Morgan fingerprint density at radius 1 is 1.07 bits per heavy atom. The Balaban J connectivity index is 1.93. The van der Waals surface area contributed by atoms with Crippen molar-refractivity contribution in [3.05, 3.63) is 58.6 Å². The molecule has 3 rings (SSSR count). The predicted octanol–water partition coefficient (Wildman–Crippen LogP) is 4.65. The second-order valence-corrected chi connectivity index (χ2v) is 9.46. The smallest absolute Gasteiger partial charge is 0.263 e. The van der Waals surface area contributed by atoms with Crippen LogP contribution in [-0.4, -0.2) is 31.3 Å². The highest BCUT2D eigenvalue weighted by atomic mass is 79.9. The van der Waals surface area contributed by atoms with Gasteiger partial charge >= 0.3 is 0 Å². The van der Waals surface area contributed by atoms with Crippen LogP contribution in [0.5, 0.6) is 0 Å². The molecule has 1 heterocycles. The third-order valence-corrected chi connectivity index (χ3v) is 7.30. The van der Waals surface area contributed by atoms with E-state index < -0.39 is 10.0 Å². The van der Waals surface area contributed by atoms with Crippen LogP contribution in [-0.2, 0) is 10.0 Å². The van der Waals surface area contributed by atoms with E-state index in [4.69, 9.17) is 0 Å². The summed E-state index contributed by atoms with van der Waals surface area (Å²) in [5.41, 5.74) is 0.853. The minimum atomic E-state index is -3.83. The summed E-state index contributed by atoms with van der Waals surface area (Å²) in [7, 11) is -3.83. The fraction of sp³-hybridized carbons (Fsp3) is 0.350. The van der Waals surface area contributed by atoms with Gasteiger partial charge in [0, 0.05) is 27.8 Å². The van der Waals surface area contributed by atoms with Gasteiger partial charge in [0.2, 0.25) is 0 Å². The van der Waals surface area contributed by atoms with Crippen molar-refractivity contribution < 1.29 is 13.2 Å². The van der Waals surface area contributed by atoms with Gasteiger partial charge in [0.05, 0.1) is 0 Å². The van der Waals surface area contributed by atoms with Crippen LogP contribution in [0.15, 0.2) is 57.9 Å². The van der Waals surface area contributed by atoms with E-state index in [1.807, 2.05) is 24.8 Å². The van der Waals surface area contributed by atoms with E-state index in [0.29, 0.717) is 15.7 Å². The monoisotopic (exact) mass is 450 g/mol. The molecule has 2 unspecified atom stereocenters. The summed E-state index contributed by atoms with van der Waals surface area (Å²) in [6.07, 6.45) is 3.04. The van der Waals surface area contributed by atoms with Crippen LogP contribution >= 0.6 is 15.9 Å². The molecule has 2 atom stereocenters. The molecule has 7 heteroatoms. The molecule has 1 aliphatic heterocycles. The maximum atomic E-state index is 13.1. The Hall–Kier alpha value is -1.86. The molecule has 0 aliphatic carbocycles. The van der Waals surface area contributed by atoms with Crippen LogP contribution in [0.1, 0.15) is 43.5 Å². The molecule has 0 radical (unpaired) electrons. The summed E-state index contributed by atoms with van der Waals surface area (Å²) in [5.74, 6) is -0.127. The standard InChI is InChI=1S/C20H23BrN2O3S/c1-14-7-6-8-15(2)23(14)20(24)16-11-12-18(21)19(13-16)27(25,26)22-17-9-4-3-5-10-17/h3-5,9-15,22H,6-8H2,1-2H3. The number of anilines is 1. The van der Waals surface area contributed by atoms with Crippen LogP contribution in [0.2, 0.25) is 0 Å². The third-order valence-electron chi connectivity index (χ3n) is 4.92. The van der Waals surface area contributed by atoms with Crippen molar-refractivity contribution in [2.24, 2.45) is 0 Å². The van der Waals surface area contributed by atoms with Crippen molar-refractivity contribution in [2.75, 3.05) is 4.72 Å². The van der Waals surface area contributed by atoms with Crippen LogP contribution in [0, 0.1) is 0 Å². The zero-order valence-corrected chi connectivity index (χ0v) is 17.8. The van der Waals surface area contributed by atoms with Crippen LogP contribution in [0.3, 0.4) is 0 Å². The summed E-state index contributed by atoms with van der Waals surface area (Å²) < 4.78 is 28.6. The highest BCUT2D eigenvalue weighted by Crippen LogP contribution is 2.29. The van der Waals surface area contributed by atoms with Gasteiger partial charge < -0.3 is 4.90 Å². The number of likely N-dealkylation sites (tertiary alicyclic amines) is 1. The van der Waals surface area contributed by atoms with E-state index >= 15 is 0 Å². The highest BCUT2D eigenvalue weighted by molar-refractivity contribution is 9.10. The molecule has 2 aromatic rings. The summed E-state index contributed by atoms with van der Waals surface area (Å²) >= 11 is 3.30. The topological polar surface area (TPSA) is 66.5 Å². The molecule has 1 amide bonds. The first kappa shape index (κ1) is 19.9. The lowest BCUT2D eigenvalue weighted by Gasteiger charge is -2.39. The summed E-state index contributed by atoms with van der Waals surface area (Å²) in [5, 5.41) is 0.